The molecular formula is C5H4BrN3O2. The molecule has 0 unspecified atom stereocenters. The van der Waals surface area contributed by atoms with Crippen LogP contribution in [0.5, 0.6) is 0 Å². The summed E-state index contributed by atoms with van der Waals surface area (Å²) in [6.07, 6.45) is 1.30. The summed E-state index contributed by atoms with van der Waals surface area (Å²) in [5, 5.41) is 10.1. The second-order valence-electron chi connectivity index (χ2n) is 1.82. The van der Waals surface area contributed by atoms with Gasteiger partial charge in [0.2, 0.25) is 0 Å². The molecule has 0 saturated carbocycles. The van der Waals surface area contributed by atoms with Crippen molar-refractivity contribution < 1.29 is 4.92 Å². The molecule has 0 bridgehead atoms. The van der Waals surface area contributed by atoms with Gasteiger partial charge >= 0.3 is 5.82 Å². The summed E-state index contributed by atoms with van der Waals surface area (Å²) in [6, 6.07) is 1.20. The van der Waals surface area contributed by atoms with Gasteiger partial charge in [-0.15, -0.1) is 0 Å². The van der Waals surface area contributed by atoms with Crippen LogP contribution in [0.2, 0.25) is 0 Å². The zero-order valence-electron chi connectivity index (χ0n) is 5.32. The first kappa shape index (κ1) is 7.93. The molecule has 0 aliphatic heterocycles. The van der Waals surface area contributed by atoms with Gasteiger partial charge < -0.3 is 15.8 Å². The molecule has 1 heterocycles. The molecule has 0 amide bonds. The largest absolute Gasteiger partial charge is 0.397 e. The van der Waals surface area contributed by atoms with Gasteiger partial charge in [0, 0.05) is 0 Å². The first-order chi connectivity index (χ1) is 5.11. The van der Waals surface area contributed by atoms with Crippen LogP contribution in [0, 0.1) is 10.1 Å². The van der Waals surface area contributed by atoms with E-state index in [0.29, 0.717) is 10.2 Å². The highest BCUT2D eigenvalue weighted by Gasteiger charge is 2.08. The summed E-state index contributed by atoms with van der Waals surface area (Å²) in [5.41, 5.74) is 5.68. The van der Waals surface area contributed by atoms with Crippen LogP contribution in [0.25, 0.3) is 0 Å². The van der Waals surface area contributed by atoms with E-state index in [1.54, 1.807) is 0 Å². The van der Waals surface area contributed by atoms with Crippen molar-refractivity contribution in [1.82, 2.24) is 4.98 Å². The first-order valence-corrected chi connectivity index (χ1v) is 3.46. The fraction of sp³-hybridized carbons (Fsp3) is 0. The zero-order valence-corrected chi connectivity index (χ0v) is 6.91. The lowest BCUT2D eigenvalue weighted by molar-refractivity contribution is -0.389. The molecule has 11 heavy (non-hydrogen) atoms. The van der Waals surface area contributed by atoms with Gasteiger partial charge in [0.05, 0.1) is 16.2 Å². The number of rotatable bonds is 1. The zero-order chi connectivity index (χ0) is 8.43. The summed E-state index contributed by atoms with van der Waals surface area (Å²) >= 11 is 3.07. The van der Waals surface area contributed by atoms with Crippen LogP contribution >= 0.6 is 15.9 Å². The van der Waals surface area contributed by atoms with Crippen molar-refractivity contribution in [2.75, 3.05) is 5.73 Å². The average molecular weight is 218 g/mol. The Morgan fingerprint density at radius 3 is 2.82 bits per heavy atom. The minimum absolute atomic E-state index is 0.245. The Labute approximate surface area is 70.5 Å². The number of nitrogens with two attached hydrogens (primary N) is 1. The fourth-order valence-corrected chi connectivity index (χ4v) is 0.759. The molecule has 0 aromatic carbocycles. The van der Waals surface area contributed by atoms with E-state index in [-0.39, 0.29) is 5.82 Å². The fourth-order valence-electron chi connectivity index (χ4n) is 0.542. The molecule has 58 valence electrons. The van der Waals surface area contributed by atoms with Crippen molar-refractivity contribution >= 4 is 27.4 Å². The van der Waals surface area contributed by atoms with E-state index in [1.807, 2.05) is 0 Å². The van der Waals surface area contributed by atoms with Gasteiger partial charge in [-0.2, -0.15) is 0 Å². The molecule has 0 aliphatic carbocycles. The second kappa shape index (κ2) is 2.83. The molecule has 1 aromatic heterocycles. The topological polar surface area (TPSA) is 82.0 Å². The van der Waals surface area contributed by atoms with Crippen molar-refractivity contribution in [3.05, 3.63) is 26.9 Å². The average Bonchev–Trinajstić information content (AvgIpc) is 1.94. The number of hydrogen-bond donors (Lipinski definition) is 1. The first-order valence-electron chi connectivity index (χ1n) is 2.66. The van der Waals surface area contributed by atoms with Crippen molar-refractivity contribution in [3.8, 4) is 0 Å². The molecule has 6 heteroatoms. The third-order valence-electron chi connectivity index (χ3n) is 1.06. The van der Waals surface area contributed by atoms with Crippen molar-refractivity contribution in [1.29, 1.82) is 0 Å². The Bertz CT molecular complexity index is 302. The molecule has 0 radical (unpaired) electrons. The highest BCUT2D eigenvalue weighted by Crippen LogP contribution is 2.21. The molecular weight excluding hydrogens is 214 g/mol. The van der Waals surface area contributed by atoms with Gasteiger partial charge in [0.25, 0.3) is 0 Å². The van der Waals surface area contributed by atoms with Crippen molar-refractivity contribution in [2.24, 2.45) is 0 Å². The molecule has 0 spiro atoms. The van der Waals surface area contributed by atoms with Crippen molar-refractivity contribution in [2.45, 2.75) is 0 Å². The number of nitrogen functional groups attached to an aromatic ring is 1. The Hall–Kier alpha value is -1.17. The monoisotopic (exact) mass is 217 g/mol. The van der Waals surface area contributed by atoms with Crippen LogP contribution in [0.1, 0.15) is 0 Å². The van der Waals surface area contributed by atoms with Crippen LogP contribution in [-0.2, 0) is 0 Å². The number of pyridine rings is 1. The maximum atomic E-state index is 10.1. The number of halogens is 1. The molecule has 0 atom stereocenters. The highest BCUT2D eigenvalue weighted by molar-refractivity contribution is 9.10. The molecule has 5 nitrogen and oxygen atoms in total. The third-order valence-corrected chi connectivity index (χ3v) is 1.72. The van der Waals surface area contributed by atoms with Crippen molar-refractivity contribution in [3.63, 3.8) is 0 Å². The lowest BCUT2D eigenvalue weighted by Crippen LogP contribution is -1.94. The van der Waals surface area contributed by atoms with Crippen LogP contribution in [0.4, 0.5) is 11.5 Å². The number of hydrogen-bond acceptors (Lipinski definition) is 4. The standard InChI is InChI=1S/C5H4BrN3O2/c6-3-2-8-5(9(10)11)1-4(3)7/h1-2H,(H2,7,8). The summed E-state index contributed by atoms with van der Waals surface area (Å²) in [5.74, 6) is -0.245. The van der Waals surface area contributed by atoms with E-state index in [0.717, 1.165) is 0 Å². The number of nitrogens with zero attached hydrogens (tertiary/aromatic N) is 2. The summed E-state index contributed by atoms with van der Waals surface area (Å²) in [7, 11) is 0. The summed E-state index contributed by atoms with van der Waals surface area (Å²) in [6.45, 7) is 0. The number of anilines is 1. The smallest absolute Gasteiger partial charge is 0.365 e. The molecule has 0 aliphatic rings. The third kappa shape index (κ3) is 1.64. The Kier molecular flexibility index (Phi) is 2.04. The Morgan fingerprint density at radius 1 is 1.73 bits per heavy atom. The Balaban J connectivity index is 3.15. The van der Waals surface area contributed by atoms with E-state index in [9.17, 15) is 10.1 Å². The lowest BCUT2D eigenvalue weighted by atomic mass is 10.4. The quantitative estimate of drug-likeness (QED) is 0.569. The maximum Gasteiger partial charge on any atom is 0.365 e. The predicted octanol–water partition coefficient (Wildman–Crippen LogP) is 1.33. The number of nitro groups is 1. The van der Waals surface area contributed by atoms with Gasteiger partial charge in [-0.25, -0.2) is 0 Å². The molecule has 1 aromatic rings. The van der Waals surface area contributed by atoms with E-state index >= 15 is 0 Å². The van der Waals surface area contributed by atoms with Gasteiger partial charge in [-0.05, 0) is 25.8 Å². The highest BCUT2D eigenvalue weighted by atomic mass is 79.9. The predicted molar refractivity (Wildman–Crippen MR) is 43.0 cm³/mol. The van der Waals surface area contributed by atoms with E-state index < -0.39 is 4.92 Å². The molecule has 0 fully saturated rings. The minimum Gasteiger partial charge on any atom is -0.397 e. The molecule has 0 saturated heterocycles. The van der Waals surface area contributed by atoms with E-state index in [2.05, 4.69) is 20.9 Å². The summed E-state index contributed by atoms with van der Waals surface area (Å²) < 4.78 is 0.558. The maximum absolute atomic E-state index is 10.1. The molecule has 1 rings (SSSR count). The minimum atomic E-state index is -0.594. The van der Waals surface area contributed by atoms with Gasteiger partial charge in [0.1, 0.15) is 0 Å². The Morgan fingerprint density at radius 2 is 2.36 bits per heavy atom. The lowest BCUT2D eigenvalue weighted by Gasteiger charge is -1.94. The van der Waals surface area contributed by atoms with Crippen LogP contribution in [0.3, 0.4) is 0 Å². The van der Waals surface area contributed by atoms with E-state index in [1.165, 1.54) is 12.3 Å². The number of aromatic nitrogens is 1. The van der Waals surface area contributed by atoms with E-state index in [4.69, 9.17) is 5.73 Å². The molecule has 2 N–H and O–H groups in total. The van der Waals surface area contributed by atoms with Gasteiger partial charge in [0.15, 0.2) is 6.20 Å². The normalized spacial score (nSPS) is 9.55. The van der Waals surface area contributed by atoms with Crippen LogP contribution in [0.15, 0.2) is 16.7 Å². The second-order valence-corrected chi connectivity index (χ2v) is 2.68. The van der Waals surface area contributed by atoms with Crippen LogP contribution in [-0.4, -0.2) is 9.91 Å². The van der Waals surface area contributed by atoms with Gasteiger partial charge in [-0.1, -0.05) is 0 Å². The SMILES string of the molecule is Nc1cc([N+](=O)[O-])ncc1Br. The summed E-state index contributed by atoms with van der Waals surface area (Å²) in [4.78, 5) is 13.1. The van der Waals surface area contributed by atoms with Crippen LogP contribution < -0.4 is 5.73 Å². The van der Waals surface area contributed by atoms with Gasteiger partial charge in [-0.3, -0.25) is 0 Å².